The van der Waals surface area contributed by atoms with Crippen LogP contribution in [0.3, 0.4) is 0 Å². The summed E-state index contributed by atoms with van der Waals surface area (Å²) in [4.78, 5) is 0. The maximum atomic E-state index is 6.06. The SMILES string of the molecule is CCCCCCCCCCCCCCCCC1(CCCCCCCCCCCCCCCC)COCC[Te]1. The van der Waals surface area contributed by atoms with Gasteiger partial charge in [-0.25, -0.2) is 0 Å². The van der Waals surface area contributed by atoms with Gasteiger partial charge in [0.15, 0.2) is 0 Å². The van der Waals surface area contributed by atoms with E-state index in [1.54, 1.807) is 0 Å². The van der Waals surface area contributed by atoms with Crippen molar-refractivity contribution in [3.63, 3.8) is 0 Å². The van der Waals surface area contributed by atoms with E-state index in [-0.39, 0.29) is 20.9 Å². The van der Waals surface area contributed by atoms with Crippen LogP contribution in [0.25, 0.3) is 0 Å². The van der Waals surface area contributed by atoms with E-state index in [1.165, 1.54) is 197 Å². The van der Waals surface area contributed by atoms with Gasteiger partial charge in [-0.2, -0.15) is 0 Å². The molecule has 1 nitrogen and oxygen atoms in total. The molecule has 0 atom stereocenters. The first-order valence-electron chi connectivity index (χ1n) is 18.0. The van der Waals surface area contributed by atoms with E-state index >= 15 is 0 Å². The molecule has 1 aliphatic rings. The van der Waals surface area contributed by atoms with Crippen molar-refractivity contribution >= 4 is 20.9 Å². The zero-order chi connectivity index (χ0) is 27.2. The molecule has 0 unspecified atom stereocenters. The molecule has 0 aromatic rings. The standard InChI is InChI=1S/C36H72OTe/c1-3-5-7-9-11-13-15-17-19-21-23-25-27-29-31-36(35-37-33-34-38-36)32-30-28-26-24-22-20-18-16-14-12-10-8-6-4-2/h3-35H2,1-2H3. The average molecular weight is 649 g/mol. The average Bonchev–Trinajstić information content (AvgIpc) is 2.94. The molecule has 1 heterocycles. The topological polar surface area (TPSA) is 9.23 Å². The van der Waals surface area contributed by atoms with E-state index < -0.39 is 0 Å². The molecule has 0 spiro atoms. The van der Waals surface area contributed by atoms with E-state index in [4.69, 9.17) is 4.74 Å². The fourth-order valence-electron chi connectivity index (χ4n) is 6.31. The summed E-state index contributed by atoms with van der Waals surface area (Å²) in [6, 6.07) is 0. The Hall–Kier alpha value is 0.750. The van der Waals surface area contributed by atoms with Crippen molar-refractivity contribution in [3.8, 4) is 0 Å². The Kier molecular flexibility index (Phi) is 28.3. The summed E-state index contributed by atoms with van der Waals surface area (Å²) in [5.74, 6) is 0. The van der Waals surface area contributed by atoms with E-state index in [9.17, 15) is 0 Å². The molecular formula is C36H72OTe. The predicted molar refractivity (Wildman–Crippen MR) is 174 cm³/mol. The molecule has 0 N–H and O–H groups in total. The van der Waals surface area contributed by atoms with Crippen molar-refractivity contribution in [2.45, 2.75) is 214 Å². The van der Waals surface area contributed by atoms with E-state index in [2.05, 4.69) is 13.8 Å². The van der Waals surface area contributed by atoms with Gasteiger partial charge in [0, 0.05) is 0 Å². The minimum atomic E-state index is 0.152. The van der Waals surface area contributed by atoms with Crippen LogP contribution in [-0.4, -0.2) is 34.1 Å². The van der Waals surface area contributed by atoms with Crippen LogP contribution in [0.1, 0.15) is 206 Å². The van der Waals surface area contributed by atoms with Gasteiger partial charge in [-0.3, -0.25) is 0 Å². The molecule has 2 heteroatoms. The van der Waals surface area contributed by atoms with Crippen molar-refractivity contribution in [3.05, 3.63) is 0 Å². The molecule has 38 heavy (non-hydrogen) atoms. The van der Waals surface area contributed by atoms with Gasteiger partial charge in [-0.15, -0.1) is 0 Å². The molecular weight excluding hydrogens is 576 g/mol. The molecule has 0 aromatic carbocycles. The van der Waals surface area contributed by atoms with Gasteiger partial charge in [-0.1, -0.05) is 65.2 Å². The van der Waals surface area contributed by atoms with Crippen LogP contribution < -0.4 is 0 Å². The van der Waals surface area contributed by atoms with Crippen LogP contribution >= 0.6 is 0 Å². The van der Waals surface area contributed by atoms with Gasteiger partial charge < -0.3 is 0 Å². The van der Waals surface area contributed by atoms with Gasteiger partial charge in [0.1, 0.15) is 0 Å². The molecule has 1 rings (SSSR count). The van der Waals surface area contributed by atoms with Gasteiger partial charge in [0.2, 0.25) is 0 Å². The van der Waals surface area contributed by atoms with Crippen molar-refractivity contribution < 1.29 is 4.74 Å². The van der Waals surface area contributed by atoms with Crippen molar-refractivity contribution in [2.24, 2.45) is 0 Å². The Morgan fingerprint density at radius 1 is 0.421 bits per heavy atom. The molecule has 1 aliphatic heterocycles. The number of hydrogen-bond acceptors (Lipinski definition) is 1. The Morgan fingerprint density at radius 2 is 0.711 bits per heavy atom. The van der Waals surface area contributed by atoms with Crippen LogP contribution in [-0.2, 0) is 4.74 Å². The van der Waals surface area contributed by atoms with Gasteiger partial charge in [0.05, 0.1) is 0 Å². The quantitative estimate of drug-likeness (QED) is 0.0556. The summed E-state index contributed by atoms with van der Waals surface area (Å²) in [5.41, 5.74) is 0. The van der Waals surface area contributed by atoms with Gasteiger partial charge >= 0.3 is 188 Å². The summed E-state index contributed by atoms with van der Waals surface area (Å²) >= 11 is 0.152. The van der Waals surface area contributed by atoms with E-state index in [1.807, 2.05) is 0 Å². The molecule has 0 aliphatic carbocycles. The Bertz CT molecular complexity index is 411. The number of rotatable bonds is 30. The molecule has 1 saturated heterocycles. The molecule has 0 saturated carbocycles. The first-order valence-corrected chi connectivity index (χ1v) is 20.9. The van der Waals surface area contributed by atoms with Gasteiger partial charge in [-0.05, 0) is 0 Å². The molecule has 0 radical (unpaired) electrons. The second-order valence-corrected chi connectivity index (χ2v) is 17.2. The predicted octanol–water partition coefficient (Wildman–Crippen LogP) is 13.0. The summed E-state index contributed by atoms with van der Waals surface area (Å²) in [7, 11) is 0. The first kappa shape index (κ1) is 36.8. The van der Waals surface area contributed by atoms with Crippen molar-refractivity contribution in [1.82, 2.24) is 0 Å². The number of ether oxygens (including phenoxy) is 1. The number of hydrogen-bond donors (Lipinski definition) is 0. The van der Waals surface area contributed by atoms with Crippen molar-refractivity contribution in [2.75, 3.05) is 13.2 Å². The zero-order valence-electron chi connectivity index (χ0n) is 26.7. The van der Waals surface area contributed by atoms with Crippen LogP contribution in [0.15, 0.2) is 0 Å². The van der Waals surface area contributed by atoms with E-state index in [0.717, 1.165) is 13.2 Å². The second kappa shape index (κ2) is 29.2. The third-order valence-corrected chi connectivity index (χ3v) is 13.3. The third-order valence-electron chi connectivity index (χ3n) is 8.97. The Morgan fingerprint density at radius 3 is 0.974 bits per heavy atom. The molecule has 1 fully saturated rings. The zero-order valence-corrected chi connectivity index (χ0v) is 29.0. The molecule has 0 aromatic heterocycles. The summed E-state index contributed by atoms with van der Waals surface area (Å²) in [6.45, 7) is 6.81. The number of unbranched alkanes of at least 4 members (excludes halogenated alkanes) is 26. The summed E-state index contributed by atoms with van der Waals surface area (Å²) in [6.07, 6.45) is 44.1. The normalized spacial score (nSPS) is 15.3. The monoisotopic (exact) mass is 650 g/mol. The van der Waals surface area contributed by atoms with Crippen LogP contribution in [0.2, 0.25) is 7.93 Å². The van der Waals surface area contributed by atoms with E-state index in [0.29, 0.717) is 3.46 Å². The van der Waals surface area contributed by atoms with Crippen molar-refractivity contribution in [1.29, 1.82) is 0 Å². The van der Waals surface area contributed by atoms with Crippen LogP contribution in [0.5, 0.6) is 0 Å². The maximum absolute atomic E-state index is 6.06. The summed E-state index contributed by atoms with van der Waals surface area (Å²) < 4.78 is 8.15. The fourth-order valence-corrected chi connectivity index (χ4v) is 10.2. The minimum absolute atomic E-state index is 0.152. The molecule has 0 bridgehead atoms. The Labute approximate surface area is 252 Å². The van der Waals surface area contributed by atoms with Gasteiger partial charge in [0.25, 0.3) is 0 Å². The molecule has 228 valence electrons. The third kappa shape index (κ3) is 23.5. The summed E-state index contributed by atoms with van der Waals surface area (Å²) in [5, 5.41) is 0. The molecule has 0 amide bonds. The van der Waals surface area contributed by atoms with Crippen LogP contribution in [0, 0.1) is 0 Å². The second-order valence-electron chi connectivity index (χ2n) is 12.8. The van der Waals surface area contributed by atoms with Crippen LogP contribution in [0.4, 0.5) is 0 Å². The first-order chi connectivity index (χ1) is 18.8. The Balaban J connectivity index is 1.93. The fraction of sp³-hybridized carbons (Fsp3) is 1.00.